The van der Waals surface area contributed by atoms with E-state index in [0.717, 1.165) is 70.6 Å². The molecule has 0 heterocycles. The van der Waals surface area contributed by atoms with E-state index in [1.165, 1.54) is 51.4 Å². The Bertz CT molecular complexity index is 928. The highest BCUT2D eigenvalue weighted by Gasteiger charge is 2.27. The molecular weight excluding hydrogens is 623 g/mol. The monoisotopic (exact) mass is 698 g/mol. The lowest BCUT2D eigenvalue weighted by atomic mass is 10.1. The maximum absolute atomic E-state index is 12.8. The molecule has 0 bridgehead atoms. The molecule has 3 unspecified atom stereocenters. The van der Waals surface area contributed by atoms with Gasteiger partial charge in [-0.2, -0.15) is 0 Å². The fraction of sp³-hybridized carbons (Fsp3) is 0.769. The molecule has 0 spiro atoms. The first-order valence-corrected chi connectivity index (χ1v) is 20.5. The van der Waals surface area contributed by atoms with Crippen LogP contribution >= 0.6 is 7.82 Å². The molecule has 0 aliphatic carbocycles. The molecule has 1 amide bonds. The number of hydrogen-bond donors (Lipinski definition) is 3. The third kappa shape index (κ3) is 33.0. The van der Waals surface area contributed by atoms with Crippen LogP contribution in [0.3, 0.4) is 0 Å². The number of hydrogen-bond acceptors (Lipinski definition) is 5. The number of aliphatic hydroxyl groups excluding tert-OH is 1. The summed E-state index contributed by atoms with van der Waals surface area (Å²) in [5.74, 6) is -0.194. The average molecular weight is 698 g/mol. The maximum atomic E-state index is 12.8. The number of rotatable bonds is 33. The van der Waals surface area contributed by atoms with Gasteiger partial charge in [-0.25, -0.2) is 4.57 Å². The van der Waals surface area contributed by atoms with E-state index in [1.807, 2.05) is 27.2 Å². The van der Waals surface area contributed by atoms with Crippen LogP contribution in [0.15, 0.2) is 48.6 Å². The van der Waals surface area contributed by atoms with Crippen molar-refractivity contribution >= 4 is 13.7 Å². The number of quaternary nitrogens is 1. The first-order chi connectivity index (χ1) is 23.0. The largest absolute Gasteiger partial charge is 0.472 e. The summed E-state index contributed by atoms with van der Waals surface area (Å²) in [5, 5.41) is 13.7. The van der Waals surface area contributed by atoms with E-state index in [9.17, 15) is 19.4 Å². The van der Waals surface area contributed by atoms with Crippen LogP contribution in [0, 0.1) is 0 Å². The molecule has 48 heavy (non-hydrogen) atoms. The van der Waals surface area contributed by atoms with Gasteiger partial charge in [0.25, 0.3) is 0 Å². The van der Waals surface area contributed by atoms with Gasteiger partial charge >= 0.3 is 7.82 Å². The molecule has 9 heteroatoms. The molecule has 0 rings (SSSR count). The summed E-state index contributed by atoms with van der Waals surface area (Å²) in [4.78, 5) is 22.9. The minimum absolute atomic E-state index is 0.0572. The first kappa shape index (κ1) is 46.5. The van der Waals surface area contributed by atoms with E-state index in [1.54, 1.807) is 6.08 Å². The van der Waals surface area contributed by atoms with E-state index >= 15 is 0 Å². The van der Waals surface area contributed by atoms with E-state index < -0.39 is 20.0 Å². The highest BCUT2D eigenvalue weighted by Crippen LogP contribution is 2.43. The van der Waals surface area contributed by atoms with Gasteiger partial charge in [-0.3, -0.25) is 13.8 Å². The predicted octanol–water partition coefficient (Wildman–Crippen LogP) is 9.74. The zero-order valence-electron chi connectivity index (χ0n) is 31.5. The second kappa shape index (κ2) is 31.4. The van der Waals surface area contributed by atoms with Gasteiger partial charge in [0.15, 0.2) is 0 Å². The standard InChI is InChI=1S/C39H73N2O6P/c1-6-8-10-12-14-16-17-18-19-20-21-22-23-25-27-29-31-33-39(43)40-37(36-47-48(44,45)46-35-34-41(3,4)5)38(42)32-30-28-26-24-15-13-11-9-7-2/h8,10,14,16,18-19,30,32,37-38,42H,6-7,9,11-13,15,17,20-29,31,33-36H2,1-5H3,(H-,40,43,44,45)/p+1/b10-8-,16-14-,19-18-,32-30+. The molecular formula is C39H74N2O6P+. The van der Waals surface area contributed by atoms with Crippen LogP contribution in [0.5, 0.6) is 0 Å². The summed E-state index contributed by atoms with van der Waals surface area (Å²) in [6.45, 7) is 4.63. The number of aliphatic hydroxyl groups is 1. The van der Waals surface area contributed by atoms with Crippen molar-refractivity contribution in [1.82, 2.24) is 5.32 Å². The van der Waals surface area contributed by atoms with Crippen molar-refractivity contribution in [2.24, 2.45) is 0 Å². The molecule has 0 radical (unpaired) electrons. The Morgan fingerprint density at radius 2 is 1.25 bits per heavy atom. The number of amides is 1. The van der Waals surface area contributed by atoms with Crippen molar-refractivity contribution in [2.75, 3.05) is 40.9 Å². The number of nitrogens with zero attached hydrogens (tertiary/aromatic N) is 1. The average Bonchev–Trinajstić information content (AvgIpc) is 3.02. The van der Waals surface area contributed by atoms with Gasteiger partial charge < -0.3 is 19.8 Å². The molecule has 0 aromatic carbocycles. The molecule has 0 saturated carbocycles. The number of unbranched alkanes of at least 4 members (excludes halogenated alkanes) is 14. The zero-order chi connectivity index (χ0) is 35.8. The van der Waals surface area contributed by atoms with Gasteiger partial charge in [-0.05, 0) is 51.4 Å². The molecule has 0 aliphatic heterocycles. The van der Waals surface area contributed by atoms with Gasteiger partial charge in [-0.1, -0.05) is 133 Å². The molecule has 3 N–H and O–H groups in total. The Balaban J connectivity index is 4.47. The van der Waals surface area contributed by atoms with Crippen molar-refractivity contribution in [1.29, 1.82) is 0 Å². The third-order valence-corrected chi connectivity index (χ3v) is 9.04. The van der Waals surface area contributed by atoms with Crippen LogP contribution < -0.4 is 5.32 Å². The summed E-state index contributed by atoms with van der Waals surface area (Å²) in [7, 11) is 1.55. The highest BCUT2D eigenvalue weighted by atomic mass is 31.2. The highest BCUT2D eigenvalue weighted by molar-refractivity contribution is 7.47. The minimum atomic E-state index is -4.33. The number of likely N-dealkylation sites (N-methyl/N-ethyl adjacent to an activating group) is 1. The van der Waals surface area contributed by atoms with Crippen molar-refractivity contribution in [3.63, 3.8) is 0 Å². The zero-order valence-corrected chi connectivity index (χ0v) is 32.4. The molecule has 0 saturated heterocycles. The Hall–Kier alpha value is -1.54. The summed E-state index contributed by atoms with van der Waals surface area (Å²) in [6, 6.07) is -0.849. The van der Waals surface area contributed by atoms with Crippen molar-refractivity contribution in [2.45, 2.75) is 154 Å². The number of nitrogens with one attached hydrogen (secondary N) is 1. The molecule has 8 nitrogen and oxygen atoms in total. The van der Waals surface area contributed by atoms with Crippen molar-refractivity contribution in [3.05, 3.63) is 48.6 Å². The van der Waals surface area contributed by atoms with Crippen molar-refractivity contribution in [3.8, 4) is 0 Å². The fourth-order valence-corrected chi connectivity index (χ4v) is 5.73. The Morgan fingerprint density at radius 3 is 1.83 bits per heavy atom. The number of phosphoric acid groups is 1. The summed E-state index contributed by atoms with van der Waals surface area (Å²) >= 11 is 0. The van der Waals surface area contributed by atoms with Gasteiger partial charge in [0.1, 0.15) is 13.2 Å². The lowest BCUT2D eigenvalue weighted by molar-refractivity contribution is -0.870. The predicted molar refractivity (Wildman–Crippen MR) is 203 cm³/mol. The first-order valence-electron chi connectivity index (χ1n) is 19.0. The molecule has 0 aromatic heterocycles. The molecule has 0 fully saturated rings. The SMILES string of the molecule is CC/C=C\C/C=C\C/C=C\CCCCCCCCCC(=O)NC(COP(=O)(O)OCC[N+](C)(C)C)C(O)/C=C/CCCCCCCCC. The maximum Gasteiger partial charge on any atom is 0.472 e. The Kier molecular flexibility index (Phi) is 30.4. The summed E-state index contributed by atoms with van der Waals surface area (Å²) < 4.78 is 23.4. The summed E-state index contributed by atoms with van der Waals surface area (Å²) in [5.41, 5.74) is 0. The van der Waals surface area contributed by atoms with Crippen LogP contribution in [0.2, 0.25) is 0 Å². The lowest BCUT2D eigenvalue weighted by Gasteiger charge is -2.25. The van der Waals surface area contributed by atoms with Crippen LogP contribution in [-0.2, 0) is 18.4 Å². The molecule has 0 aromatic rings. The van der Waals surface area contributed by atoms with Crippen LogP contribution in [0.4, 0.5) is 0 Å². The van der Waals surface area contributed by atoms with Gasteiger partial charge in [0.05, 0.1) is 39.9 Å². The number of phosphoric ester groups is 1. The number of allylic oxidation sites excluding steroid dienone is 7. The van der Waals surface area contributed by atoms with E-state index in [-0.39, 0.29) is 19.1 Å². The molecule has 0 aliphatic rings. The van der Waals surface area contributed by atoms with Crippen molar-refractivity contribution < 1.29 is 32.9 Å². The lowest BCUT2D eigenvalue weighted by Crippen LogP contribution is -2.45. The van der Waals surface area contributed by atoms with E-state index in [4.69, 9.17) is 9.05 Å². The molecule has 280 valence electrons. The topological polar surface area (TPSA) is 105 Å². The second-order valence-corrected chi connectivity index (χ2v) is 15.4. The second-order valence-electron chi connectivity index (χ2n) is 13.9. The van der Waals surface area contributed by atoms with Crippen LogP contribution in [0.1, 0.15) is 142 Å². The number of carbonyl (C=O) groups is 1. The van der Waals surface area contributed by atoms with Gasteiger partial charge in [0, 0.05) is 6.42 Å². The van der Waals surface area contributed by atoms with Crippen LogP contribution in [-0.4, -0.2) is 73.4 Å². The Morgan fingerprint density at radius 1 is 0.729 bits per heavy atom. The summed E-state index contributed by atoms with van der Waals surface area (Å²) in [6.07, 6.45) is 37.5. The quantitative estimate of drug-likeness (QED) is 0.0273. The minimum Gasteiger partial charge on any atom is -0.387 e. The van der Waals surface area contributed by atoms with Gasteiger partial charge in [0.2, 0.25) is 5.91 Å². The van der Waals surface area contributed by atoms with E-state index in [2.05, 4.69) is 55.6 Å². The van der Waals surface area contributed by atoms with Crippen LogP contribution in [0.25, 0.3) is 0 Å². The smallest absolute Gasteiger partial charge is 0.387 e. The number of carbonyl (C=O) groups excluding carboxylic acids is 1. The van der Waals surface area contributed by atoms with E-state index in [0.29, 0.717) is 17.4 Å². The van der Waals surface area contributed by atoms with Gasteiger partial charge in [-0.15, -0.1) is 0 Å². The Labute approximate surface area is 295 Å². The normalized spacial score (nSPS) is 15.2. The molecule has 3 atom stereocenters. The third-order valence-electron chi connectivity index (χ3n) is 8.05. The fourth-order valence-electron chi connectivity index (χ4n) is 4.99.